The maximum Gasteiger partial charge on any atom is 0.143 e. The molecule has 45 heavy (non-hydrogen) atoms. The van der Waals surface area contributed by atoms with E-state index in [-0.39, 0.29) is 0 Å². The standard InChI is InChI=1S/C43H25NO/c1-2-12-28-25-38-36(23-27(28)11-1)41-30-16-4-3-13-29(30)24-37(43(41)45-38)40-33-19-7-5-17-31(33)39(32-18-6-8-20-34(32)40)35-21-9-14-26-15-10-22-44-42(26)35/h1-25H. The Kier molecular flexibility index (Phi) is 5.03. The molecule has 10 rings (SSSR count). The topological polar surface area (TPSA) is 26.0 Å². The Labute approximate surface area is 258 Å². The van der Waals surface area contributed by atoms with Gasteiger partial charge in [0.15, 0.2) is 0 Å². The average Bonchev–Trinajstić information content (AvgIpc) is 3.48. The summed E-state index contributed by atoms with van der Waals surface area (Å²) in [7, 11) is 0. The van der Waals surface area contributed by atoms with Crippen molar-refractivity contribution in [2.75, 3.05) is 0 Å². The Balaban J connectivity index is 1.41. The van der Waals surface area contributed by atoms with Crippen molar-refractivity contribution in [1.82, 2.24) is 4.98 Å². The zero-order valence-corrected chi connectivity index (χ0v) is 24.3. The number of furan rings is 1. The van der Waals surface area contributed by atoms with E-state index in [0.29, 0.717) is 0 Å². The fourth-order valence-electron chi connectivity index (χ4n) is 7.51. The zero-order valence-electron chi connectivity index (χ0n) is 24.3. The van der Waals surface area contributed by atoms with Crippen LogP contribution >= 0.6 is 0 Å². The first-order valence-electron chi connectivity index (χ1n) is 15.4. The van der Waals surface area contributed by atoms with Gasteiger partial charge in [-0.25, -0.2) is 0 Å². The molecule has 10 aromatic rings. The molecule has 0 spiro atoms. The first kappa shape index (κ1) is 24.5. The third kappa shape index (κ3) is 3.48. The summed E-state index contributed by atoms with van der Waals surface area (Å²) in [4.78, 5) is 4.86. The number of nitrogens with zero attached hydrogens (tertiary/aromatic N) is 1. The Morgan fingerprint density at radius 1 is 0.400 bits per heavy atom. The van der Waals surface area contributed by atoms with Crippen LogP contribution in [0.3, 0.4) is 0 Å². The van der Waals surface area contributed by atoms with E-state index in [4.69, 9.17) is 9.40 Å². The Morgan fingerprint density at radius 2 is 0.956 bits per heavy atom. The molecule has 0 saturated carbocycles. The normalized spacial score (nSPS) is 12.0. The summed E-state index contributed by atoms with van der Waals surface area (Å²) < 4.78 is 6.91. The zero-order chi connectivity index (χ0) is 29.5. The molecule has 8 aromatic carbocycles. The largest absolute Gasteiger partial charge is 0.455 e. The molecule has 0 bridgehead atoms. The van der Waals surface area contributed by atoms with Gasteiger partial charge in [-0.2, -0.15) is 0 Å². The highest BCUT2D eigenvalue weighted by Crippen LogP contribution is 2.49. The Morgan fingerprint density at radius 3 is 1.67 bits per heavy atom. The SMILES string of the molecule is c1ccc2cc3c(cc2c1)oc1c(-c2c4ccccc4c(-c4cccc5cccnc45)c4ccccc24)cc2ccccc2c13. The molecule has 2 aromatic heterocycles. The summed E-state index contributed by atoms with van der Waals surface area (Å²) in [5.41, 5.74) is 7.51. The van der Waals surface area contributed by atoms with Crippen molar-refractivity contribution in [2.24, 2.45) is 0 Å². The van der Waals surface area contributed by atoms with Crippen molar-refractivity contribution in [3.05, 3.63) is 152 Å². The molecule has 2 heterocycles. The van der Waals surface area contributed by atoms with Crippen molar-refractivity contribution in [1.29, 1.82) is 0 Å². The number of para-hydroxylation sites is 1. The first-order chi connectivity index (χ1) is 22.3. The molecule has 208 valence electrons. The van der Waals surface area contributed by atoms with Crippen LogP contribution in [0.1, 0.15) is 0 Å². The number of pyridine rings is 1. The minimum Gasteiger partial charge on any atom is -0.455 e. The number of rotatable bonds is 2. The number of benzene rings is 8. The van der Waals surface area contributed by atoms with E-state index in [1.165, 1.54) is 59.6 Å². The highest BCUT2D eigenvalue weighted by atomic mass is 16.3. The average molecular weight is 572 g/mol. The maximum atomic E-state index is 6.91. The lowest BCUT2D eigenvalue weighted by Crippen LogP contribution is -1.93. The van der Waals surface area contributed by atoms with Gasteiger partial charge in [-0.1, -0.05) is 121 Å². The lowest BCUT2D eigenvalue weighted by atomic mass is 9.84. The van der Waals surface area contributed by atoms with Gasteiger partial charge in [0.25, 0.3) is 0 Å². The lowest BCUT2D eigenvalue weighted by Gasteiger charge is -2.19. The molecule has 0 aliphatic carbocycles. The van der Waals surface area contributed by atoms with Gasteiger partial charge in [0.1, 0.15) is 11.2 Å². The lowest BCUT2D eigenvalue weighted by molar-refractivity contribution is 0.671. The second-order valence-electron chi connectivity index (χ2n) is 11.9. The fraction of sp³-hybridized carbons (Fsp3) is 0. The van der Waals surface area contributed by atoms with Crippen LogP contribution in [0.25, 0.3) is 98.2 Å². The second kappa shape index (κ2) is 9.25. The van der Waals surface area contributed by atoms with E-state index in [2.05, 4.69) is 140 Å². The maximum absolute atomic E-state index is 6.91. The summed E-state index contributed by atoms with van der Waals surface area (Å²) in [6.07, 6.45) is 1.89. The molecule has 0 atom stereocenters. The third-order valence-electron chi connectivity index (χ3n) is 9.43. The quantitative estimate of drug-likeness (QED) is 0.193. The van der Waals surface area contributed by atoms with E-state index in [9.17, 15) is 0 Å². The van der Waals surface area contributed by atoms with Crippen molar-refractivity contribution in [3.63, 3.8) is 0 Å². The molecule has 2 nitrogen and oxygen atoms in total. The smallest absolute Gasteiger partial charge is 0.143 e. The summed E-state index contributed by atoms with van der Waals surface area (Å²) in [6.45, 7) is 0. The van der Waals surface area contributed by atoms with E-state index < -0.39 is 0 Å². The summed E-state index contributed by atoms with van der Waals surface area (Å²) in [6, 6.07) is 52.3. The molecule has 2 heteroatoms. The summed E-state index contributed by atoms with van der Waals surface area (Å²) in [5.74, 6) is 0. The highest BCUT2D eigenvalue weighted by Gasteiger charge is 2.23. The van der Waals surface area contributed by atoms with Crippen LogP contribution in [0.2, 0.25) is 0 Å². The van der Waals surface area contributed by atoms with Crippen LogP contribution in [-0.2, 0) is 0 Å². The van der Waals surface area contributed by atoms with E-state index in [1.54, 1.807) is 0 Å². The van der Waals surface area contributed by atoms with Crippen LogP contribution < -0.4 is 0 Å². The Hall–Kier alpha value is -5.99. The van der Waals surface area contributed by atoms with Crippen molar-refractivity contribution in [3.8, 4) is 22.3 Å². The third-order valence-corrected chi connectivity index (χ3v) is 9.43. The van der Waals surface area contributed by atoms with Gasteiger partial charge in [0, 0.05) is 39.0 Å². The molecular formula is C43H25NO. The van der Waals surface area contributed by atoms with Gasteiger partial charge in [0.05, 0.1) is 5.52 Å². The predicted molar refractivity (Wildman–Crippen MR) is 190 cm³/mol. The molecule has 0 radical (unpaired) electrons. The van der Waals surface area contributed by atoms with E-state index in [1.807, 2.05) is 12.3 Å². The summed E-state index contributed by atoms with van der Waals surface area (Å²) in [5, 5.41) is 13.0. The van der Waals surface area contributed by atoms with Crippen LogP contribution in [0.15, 0.2) is 156 Å². The molecule has 0 aliphatic heterocycles. The molecule has 0 aliphatic rings. The molecular weight excluding hydrogens is 546 g/mol. The minimum atomic E-state index is 0.911. The van der Waals surface area contributed by atoms with Gasteiger partial charge in [-0.3, -0.25) is 4.98 Å². The second-order valence-corrected chi connectivity index (χ2v) is 11.9. The molecule has 0 amide bonds. The number of hydrogen-bond acceptors (Lipinski definition) is 2. The monoisotopic (exact) mass is 571 g/mol. The highest BCUT2D eigenvalue weighted by molar-refractivity contribution is 6.29. The first-order valence-corrected chi connectivity index (χ1v) is 15.4. The van der Waals surface area contributed by atoms with Gasteiger partial charge in [0.2, 0.25) is 0 Å². The Bertz CT molecular complexity index is 2760. The number of aromatic nitrogens is 1. The van der Waals surface area contributed by atoms with Crippen molar-refractivity contribution >= 4 is 75.9 Å². The van der Waals surface area contributed by atoms with Crippen molar-refractivity contribution < 1.29 is 4.42 Å². The van der Waals surface area contributed by atoms with Crippen LogP contribution in [-0.4, -0.2) is 4.98 Å². The van der Waals surface area contributed by atoms with E-state index in [0.717, 1.165) is 38.6 Å². The van der Waals surface area contributed by atoms with Gasteiger partial charge >= 0.3 is 0 Å². The van der Waals surface area contributed by atoms with E-state index >= 15 is 0 Å². The number of fused-ring (bicyclic) bond motifs is 9. The van der Waals surface area contributed by atoms with Crippen LogP contribution in [0.5, 0.6) is 0 Å². The predicted octanol–water partition coefficient (Wildman–Crippen LogP) is 12.1. The van der Waals surface area contributed by atoms with Gasteiger partial charge < -0.3 is 4.42 Å². The summed E-state index contributed by atoms with van der Waals surface area (Å²) >= 11 is 0. The molecule has 0 fully saturated rings. The van der Waals surface area contributed by atoms with Gasteiger partial charge in [-0.05, 0) is 72.9 Å². The molecule has 0 N–H and O–H groups in total. The number of hydrogen-bond donors (Lipinski definition) is 0. The fourth-order valence-corrected chi connectivity index (χ4v) is 7.51. The van der Waals surface area contributed by atoms with Gasteiger partial charge in [-0.15, -0.1) is 0 Å². The van der Waals surface area contributed by atoms with Crippen molar-refractivity contribution in [2.45, 2.75) is 0 Å². The minimum absolute atomic E-state index is 0.911. The molecule has 0 saturated heterocycles. The van der Waals surface area contributed by atoms with Crippen LogP contribution in [0, 0.1) is 0 Å². The molecule has 0 unspecified atom stereocenters. The van der Waals surface area contributed by atoms with Crippen LogP contribution in [0.4, 0.5) is 0 Å².